The summed E-state index contributed by atoms with van der Waals surface area (Å²) in [5.41, 5.74) is 9.23. The summed E-state index contributed by atoms with van der Waals surface area (Å²) >= 11 is 0. The number of aromatic carboxylic acids is 1. The van der Waals surface area contributed by atoms with E-state index in [1.807, 2.05) is 30.4 Å². The smallest absolute Gasteiger partial charge is 0.335 e. The summed E-state index contributed by atoms with van der Waals surface area (Å²) < 4.78 is 5.42. The largest absolute Gasteiger partial charge is 0.478 e. The van der Waals surface area contributed by atoms with Crippen LogP contribution in [0.4, 0.5) is 11.4 Å². The van der Waals surface area contributed by atoms with Crippen LogP contribution in [-0.4, -0.2) is 17.8 Å². The van der Waals surface area contributed by atoms with Crippen molar-refractivity contribution in [1.29, 1.82) is 0 Å². The zero-order chi connectivity index (χ0) is 14.8. The topological polar surface area (TPSA) is 84.6 Å². The number of carboxylic acids is 1. The Bertz CT molecular complexity index is 738. The normalized spacial score (nSPS) is 12.8. The minimum Gasteiger partial charge on any atom is -0.478 e. The van der Waals surface area contributed by atoms with Crippen molar-refractivity contribution in [2.45, 2.75) is 0 Å². The maximum atomic E-state index is 10.9. The lowest BCUT2D eigenvalue weighted by Gasteiger charge is -2.03. The number of ether oxygens (including phenoxy) is 1. The van der Waals surface area contributed by atoms with Gasteiger partial charge in [0, 0.05) is 5.69 Å². The zero-order valence-electron chi connectivity index (χ0n) is 11.2. The minimum atomic E-state index is -0.986. The highest BCUT2D eigenvalue weighted by Gasteiger charge is 2.10. The van der Waals surface area contributed by atoms with Gasteiger partial charge in [-0.25, -0.2) is 4.79 Å². The molecule has 0 aromatic heterocycles. The molecule has 0 radical (unpaired) electrons. The molecule has 0 aliphatic carbocycles. The van der Waals surface area contributed by atoms with Gasteiger partial charge in [0.2, 0.25) is 0 Å². The Labute approximate surface area is 121 Å². The Morgan fingerprint density at radius 1 is 1.24 bits per heavy atom. The van der Waals surface area contributed by atoms with Crippen molar-refractivity contribution in [3.63, 3.8) is 0 Å². The maximum Gasteiger partial charge on any atom is 0.335 e. The van der Waals surface area contributed by atoms with Crippen molar-refractivity contribution < 1.29 is 14.6 Å². The fourth-order valence-electron chi connectivity index (χ4n) is 2.15. The molecule has 0 bridgehead atoms. The predicted molar refractivity (Wildman–Crippen MR) is 82.3 cm³/mol. The number of fused-ring (bicyclic) bond motifs is 1. The lowest BCUT2D eigenvalue weighted by molar-refractivity contribution is 0.0697. The molecule has 106 valence electrons. The molecule has 5 heteroatoms. The van der Waals surface area contributed by atoms with Gasteiger partial charge < -0.3 is 20.9 Å². The third kappa shape index (κ3) is 2.67. The molecule has 21 heavy (non-hydrogen) atoms. The molecule has 0 atom stereocenters. The number of nitrogen functional groups attached to an aromatic ring is 1. The van der Waals surface area contributed by atoms with E-state index < -0.39 is 5.97 Å². The predicted octanol–water partition coefficient (Wildman–Crippen LogP) is 2.90. The van der Waals surface area contributed by atoms with Crippen molar-refractivity contribution in [2.24, 2.45) is 0 Å². The molecule has 0 saturated carbocycles. The van der Waals surface area contributed by atoms with E-state index in [0.29, 0.717) is 12.4 Å². The van der Waals surface area contributed by atoms with Crippen LogP contribution in [0, 0.1) is 0 Å². The monoisotopic (exact) mass is 282 g/mol. The number of carbonyl (C=O) groups is 1. The number of hydrogen-bond acceptors (Lipinski definition) is 4. The van der Waals surface area contributed by atoms with Crippen LogP contribution < -0.4 is 15.8 Å². The van der Waals surface area contributed by atoms with E-state index in [9.17, 15) is 4.79 Å². The van der Waals surface area contributed by atoms with E-state index in [1.165, 1.54) is 12.1 Å². The molecule has 1 aliphatic heterocycles. The quantitative estimate of drug-likeness (QED) is 0.595. The highest BCUT2D eigenvalue weighted by Crippen LogP contribution is 2.30. The van der Waals surface area contributed by atoms with E-state index in [0.717, 1.165) is 22.6 Å². The average molecular weight is 282 g/mol. The third-order valence-corrected chi connectivity index (χ3v) is 3.29. The molecule has 0 unspecified atom stereocenters. The maximum absolute atomic E-state index is 10.9. The molecule has 4 N–H and O–H groups in total. The second-order valence-corrected chi connectivity index (χ2v) is 4.70. The Balaban J connectivity index is 1.84. The number of rotatable bonds is 3. The lowest BCUT2D eigenvalue weighted by Crippen LogP contribution is -1.98. The molecule has 3 rings (SSSR count). The Morgan fingerprint density at radius 3 is 2.86 bits per heavy atom. The molecule has 0 spiro atoms. The first kappa shape index (κ1) is 13.1. The molecule has 2 aromatic carbocycles. The first-order valence-electron chi connectivity index (χ1n) is 6.45. The van der Waals surface area contributed by atoms with Crippen LogP contribution in [0.5, 0.6) is 5.75 Å². The first-order valence-corrected chi connectivity index (χ1v) is 6.45. The zero-order valence-corrected chi connectivity index (χ0v) is 11.2. The molecule has 5 nitrogen and oxygen atoms in total. The van der Waals surface area contributed by atoms with Gasteiger partial charge in [0.25, 0.3) is 0 Å². The number of benzene rings is 2. The number of anilines is 2. The summed E-state index contributed by atoms with van der Waals surface area (Å²) in [5, 5.41) is 12.0. The number of nitrogens with two attached hydrogens (primary N) is 1. The standard InChI is InChI=1S/C16H14N2O3/c17-13-8-12(16(19)20)5-4-11(13)3-1-10-2-6-14-15(7-10)21-9-18-14/h1-8,18H,9,17H2,(H,19,20)/b3-1+. The highest BCUT2D eigenvalue weighted by molar-refractivity contribution is 5.90. The van der Waals surface area contributed by atoms with Gasteiger partial charge in [-0.05, 0) is 35.4 Å². The summed E-state index contributed by atoms with van der Waals surface area (Å²) in [6.07, 6.45) is 3.76. The van der Waals surface area contributed by atoms with E-state index >= 15 is 0 Å². The Kier molecular flexibility index (Phi) is 3.23. The van der Waals surface area contributed by atoms with Crippen LogP contribution in [0.3, 0.4) is 0 Å². The molecule has 0 fully saturated rings. The number of nitrogens with one attached hydrogen (secondary N) is 1. The van der Waals surface area contributed by atoms with Crippen molar-refractivity contribution in [3.05, 3.63) is 53.1 Å². The first-order chi connectivity index (χ1) is 10.1. The Morgan fingerprint density at radius 2 is 2.10 bits per heavy atom. The van der Waals surface area contributed by atoms with Crippen LogP contribution in [0.25, 0.3) is 12.2 Å². The fraction of sp³-hybridized carbons (Fsp3) is 0.0625. The summed E-state index contributed by atoms with van der Waals surface area (Å²) in [5.74, 6) is -0.160. The van der Waals surface area contributed by atoms with E-state index in [2.05, 4.69) is 5.32 Å². The number of hydrogen-bond donors (Lipinski definition) is 3. The SMILES string of the molecule is Nc1cc(C(=O)O)ccc1/C=C/c1ccc2c(c1)OCN2. The lowest BCUT2D eigenvalue weighted by atomic mass is 10.1. The van der Waals surface area contributed by atoms with Gasteiger partial charge in [-0.2, -0.15) is 0 Å². The van der Waals surface area contributed by atoms with Crippen LogP contribution in [0.15, 0.2) is 36.4 Å². The van der Waals surface area contributed by atoms with Gasteiger partial charge in [-0.15, -0.1) is 0 Å². The van der Waals surface area contributed by atoms with Gasteiger partial charge in [0.05, 0.1) is 11.3 Å². The van der Waals surface area contributed by atoms with Crippen molar-refractivity contribution in [1.82, 2.24) is 0 Å². The molecule has 1 heterocycles. The third-order valence-electron chi connectivity index (χ3n) is 3.29. The van der Waals surface area contributed by atoms with Gasteiger partial charge in [-0.3, -0.25) is 0 Å². The van der Waals surface area contributed by atoms with Gasteiger partial charge in [-0.1, -0.05) is 24.3 Å². The summed E-state index contributed by atoms with van der Waals surface area (Å²) in [7, 11) is 0. The molecular weight excluding hydrogens is 268 g/mol. The van der Waals surface area contributed by atoms with E-state index in [1.54, 1.807) is 6.07 Å². The second-order valence-electron chi connectivity index (χ2n) is 4.70. The van der Waals surface area contributed by atoms with Crippen LogP contribution in [-0.2, 0) is 0 Å². The van der Waals surface area contributed by atoms with Crippen LogP contribution >= 0.6 is 0 Å². The van der Waals surface area contributed by atoms with Gasteiger partial charge in [0.1, 0.15) is 5.75 Å². The average Bonchev–Trinajstić information content (AvgIpc) is 2.93. The van der Waals surface area contributed by atoms with E-state index in [-0.39, 0.29) is 5.56 Å². The van der Waals surface area contributed by atoms with E-state index in [4.69, 9.17) is 15.6 Å². The van der Waals surface area contributed by atoms with Crippen molar-refractivity contribution >= 4 is 29.5 Å². The summed E-state index contributed by atoms with van der Waals surface area (Å²) in [6.45, 7) is 0.492. The summed E-state index contributed by atoms with van der Waals surface area (Å²) in [6, 6.07) is 10.6. The van der Waals surface area contributed by atoms with Crippen molar-refractivity contribution in [2.75, 3.05) is 17.8 Å². The fourth-order valence-corrected chi connectivity index (χ4v) is 2.15. The van der Waals surface area contributed by atoms with Gasteiger partial charge in [0.15, 0.2) is 6.73 Å². The van der Waals surface area contributed by atoms with Crippen LogP contribution in [0.2, 0.25) is 0 Å². The van der Waals surface area contributed by atoms with Crippen LogP contribution in [0.1, 0.15) is 21.5 Å². The highest BCUT2D eigenvalue weighted by atomic mass is 16.5. The number of carboxylic acid groups (broad SMARTS) is 1. The molecule has 1 aliphatic rings. The summed E-state index contributed by atoms with van der Waals surface area (Å²) in [4.78, 5) is 10.9. The van der Waals surface area contributed by atoms with Gasteiger partial charge >= 0.3 is 5.97 Å². The molecular formula is C16H14N2O3. The Hall–Kier alpha value is -2.95. The van der Waals surface area contributed by atoms with Crippen molar-refractivity contribution in [3.8, 4) is 5.75 Å². The molecule has 2 aromatic rings. The second kappa shape index (κ2) is 5.20. The molecule has 0 amide bonds. The molecule has 0 saturated heterocycles. The minimum absolute atomic E-state index is 0.182.